The molecule has 0 fully saturated rings. The van der Waals surface area contributed by atoms with Crippen LogP contribution in [0.5, 0.6) is 5.75 Å². The minimum Gasteiger partial charge on any atom is -0.496 e. The average Bonchev–Trinajstić information content (AvgIpc) is 2.37. The first-order chi connectivity index (χ1) is 8.80. The summed E-state index contributed by atoms with van der Waals surface area (Å²) in [6.07, 6.45) is 0. The first-order valence-corrected chi connectivity index (χ1v) is 6.47. The Morgan fingerprint density at radius 1 is 1.45 bits per heavy atom. The van der Waals surface area contributed by atoms with E-state index in [4.69, 9.17) is 22.1 Å². The first-order valence-electron chi connectivity index (χ1n) is 6.10. The molecule has 4 nitrogen and oxygen atoms in total. The maximum atomic E-state index is 12.4. The number of amides is 1. The molecule has 0 saturated heterocycles. The van der Waals surface area contributed by atoms with E-state index in [1.54, 1.807) is 30.1 Å². The van der Waals surface area contributed by atoms with Crippen molar-refractivity contribution >= 4 is 29.9 Å². The van der Waals surface area contributed by atoms with Gasteiger partial charge >= 0.3 is 0 Å². The van der Waals surface area contributed by atoms with Crippen molar-refractivity contribution in [2.75, 3.05) is 27.2 Å². The Labute approximate surface area is 131 Å². The lowest BCUT2D eigenvalue weighted by Gasteiger charge is -2.29. The monoisotopic (exact) mass is 320 g/mol. The molecule has 20 heavy (non-hydrogen) atoms. The predicted molar refractivity (Wildman–Crippen MR) is 85.0 cm³/mol. The highest BCUT2D eigenvalue weighted by atomic mass is 35.5. The summed E-state index contributed by atoms with van der Waals surface area (Å²) in [6, 6.07) is 4.99. The van der Waals surface area contributed by atoms with E-state index in [0.29, 0.717) is 29.4 Å². The van der Waals surface area contributed by atoms with E-state index in [-0.39, 0.29) is 23.7 Å². The highest BCUT2D eigenvalue weighted by Crippen LogP contribution is 2.25. The summed E-state index contributed by atoms with van der Waals surface area (Å²) >= 11 is 5.89. The Hall–Kier alpha value is -0.970. The molecule has 0 aliphatic heterocycles. The van der Waals surface area contributed by atoms with Gasteiger partial charge in [-0.05, 0) is 30.2 Å². The molecule has 0 aliphatic rings. The Kier molecular flexibility index (Phi) is 7.34. The standard InChI is InChI=1S/C14H21ClN2O2.ClH/c1-14(2,8-16)9-17(3)13(18)11-6-5-10(15)7-12(11)19-4;/h5-7H,8-9,16H2,1-4H3;1H. The van der Waals surface area contributed by atoms with Crippen LogP contribution in [0, 0.1) is 5.41 Å². The van der Waals surface area contributed by atoms with Crippen molar-refractivity contribution in [1.82, 2.24) is 4.90 Å². The summed E-state index contributed by atoms with van der Waals surface area (Å²) in [5.74, 6) is 0.380. The van der Waals surface area contributed by atoms with Crippen LogP contribution < -0.4 is 10.5 Å². The molecule has 0 heterocycles. The Morgan fingerprint density at radius 3 is 2.55 bits per heavy atom. The second-order valence-electron chi connectivity index (χ2n) is 5.37. The van der Waals surface area contributed by atoms with E-state index in [0.717, 1.165) is 0 Å². The molecule has 0 aromatic heterocycles. The van der Waals surface area contributed by atoms with Crippen molar-refractivity contribution in [3.05, 3.63) is 28.8 Å². The molecule has 0 spiro atoms. The summed E-state index contributed by atoms with van der Waals surface area (Å²) in [7, 11) is 3.28. The second-order valence-corrected chi connectivity index (χ2v) is 5.81. The zero-order chi connectivity index (χ0) is 14.6. The van der Waals surface area contributed by atoms with Crippen LogP contribution in [0.2, 0.25) is 5.02 Å². The molecule has 0 aliphatic carbocycles. The molecule has 1 aromatic carbocycles. The van der Waals surface area contributed by atoms with Crippen molar-refractivity contribution in [3.8, 4) is 5.75 Å². The van der Waals surface area contributed by atoms with Gasteiger partial charge in [-0.15, -0.1) is 12.4 Å². The van der Waals surface area contributed by atoms with Gasteiger partial charge < -0.3 is 15.4 Å². The molecule has 2 N–H and O–H groups in total. The van der Waals surface area contributed by atoms with Crippen LogP contribution in [0.3, 0.4) is 0 Å². The lowest BCUT2D eigenvalue weighted by molar-refractivity contribution is 0.0737. The number of benzene rings is 1. The number of halogens is 2. The van der Waals surface area contributed by atoms with Crippen LogP contribution in [0.15, 0.2) is 18.2 Å². The fourth-order valence-electron chi connectivity index (χ4n) is 1.83. The third-order valence-corrected chi connectivity index (χ3v) is 3.19. The SMILES string of the molecule is COc1cc(Cl)ccc1C(=O)N(C)CC(C)(C)CN.Cl. The predicted octanol–water partition coefficient (Wildman–Crippen LogP) is 2.83. The molecule has 0 atom stereocenters. The van der Waals surface area contributed by atoms with Crippen molar-refractivity contribution < 1.29 is 9.53 Å². The van der Waals surface area contributed by atoms with Gasteiger partial charge in [-0.3, -0.25) is 4.79 Å². The number of carbonyl (C=O) groups is 1. The normalized spacial score (nSPS) is 10.7. The lowest BCUT2D eigenvalue weighted by Crippen LogP contribution is -2.39. The maximum absolute atomic E-state index is 12.4. The number of carbonyl (C=O) groups excluding carboxylic acids is 1. The third kappa shape index (κ3) is 4.85. The Balaban J connectivity index is 0.00000361. The van der Waals surface area contributed by atoms with Gasteiger partial charge in [0, 0.05) is 18.6 Å². The van der Waals surface area contributed by atoms with Gasteiger partial charge in [0.1, 0.15) is 5.75 Å². The molecule has 1 amide bonds. The van der Waals surface area contributed by atoms with Crippen LogP contribution in [-0.2, 0) is 0 Å². The highest BCUT2D eigenvalue weighted by Gasteiger charge is 2.23. The fraction of sp³-hybridized carbons (Fsp3) is 0.500. The van der Waals surface area contributed by atoms with E-state index in [2.05, 4.69) is 0 Å². The number of rotatable bonds is 5. The zero-order valence-electron chi connectivity index (χ0n) is 12.3. The van der Waals surface area contributed by atoms with Crippen LogP contribution in [0.25, 0.3) is 0 Å². The molecule has 0 saturated carbocycles. The summed E-state index contributed by atoms with van der Waals surface area (Å²) in [4.78, 5) is 14.0. The first kappa shape index (κ1) is 19.0. The number of ether oxygens (including phenoxy) is 1. The molecular weight excluding hydrogens is 299 g/mol. The van der Waals surface area contributed by atoms with Gasteiger partial charge in [0.15, 0.2) is 0 Å². The van der Waals surface area contributed by atoms with Crippen molar-refractivity contribution in [1.29, 1.82) is 0 Å². The molecule has 1 aromatic rings. The largest absolute Gasteiger partial charge is 0.496 e. The number of hydrogen-bond acceptors (Lipinski definition) is 3. The van der Waals surface area contributed by atoms with Crippen molar-refractivity contribution in [2.24, 2.45) is 11.1 Å². The van der Waals surface area contributed by atoms with Gasteiger partial charge in [0.05, 0.1) is 12.7 Å². The van der Waals surface area contributed by atoms with Gasteiger partial charge in [-0.2, -0.15) is 0 Å². The minimum absolute atomic E-state index is 0. The smallest absolute Gasteiger partial charge is 0.257 e. The topological polar surface area (TPSA) is 55.6 Å². The summed E-state index contributed by atoms with van der Waals surface area (Å²) < 4.78 is 5.20. The van der Waals surface area contributed by atoms with Crippen LogP contribution >= 0.6 is 24.0 Å². The Bertz CT molecular complexity index is 464. The van der Waals surface area contributed by atoms with Crippen molar-refractivity contribution in [3.63, 3.8) is 0 Å². The summed E-state index contributed by atoms with van der Waals surface area (Å²) in [6.45, 7) is 5.14. The molecule has 1 rings (SSSR count). The molecule has 0 radical (unpaired) electrons. The lowest BCUT2D eigenvalue weighted by atomic mass is 9.93. The fourth-order valence-corrected chi connectivity index (χ4v) is 1.99. The minimum atomic E-state index is -0.121. The van der Waals surface area contributed by atoms with E-state index >= 15 is 0 Å². The van der Waals surface area contributed by atoms with Crippen molar-refractivity contribution in [2.45, 2.75) is 13.8 Å². The molecule has 0 bridgehead atoms. The van der Waals surface area contributed by atoms with E-state index in [9.17, 15) is 4.79 Å². The quantitative estimate of drug-likeness (QED) is 0.907. The molecule has 114 valence electrons. The van der Waals surface area contributed by atoms with Gasteiger partial charge in [0.2, 0.25) is 0 Å². The van der Waals surface area contributed by atoms with Gasteiger partial charge in [-0.1, -0.05) is 25.4 Å². The van der Waals surface area contributed by atoms with Crippen LogP contribution in [0.1, 0.15) is 24.2 Å². The molecule has 6 heteroatoms. The maximum Gasteiger partial charge on any atom is 0.257 e. The summed E-state index contributed by atoms with van der Waals surface area (Å²) in [5, 5.41) is 0.540. The Morgan fingerprint density at radius 2 is 2.05 bits per heavy atom. The van der Waals surface area contributed by atoms with E-state index in [1.165, 1.54) is 7.11 Å². The van der Waals surface area contributed by atoms with Crippen LogP contribution in [0.4, 0.5) is 0 Å². The average molecular weight is 321 g/mol. The second kappa shape index (κ2) is 7.72. The summed E-state index contributed by atoms with van der Waals surface area (Å²) in [5.41, 5.74) is 6.07. The number of nitrogens with two attached hydrogens (primary N) is 1. The van der Waals surface area contributed by atoms with E-state index in [1.807, 2.05) is 13.8 Å². The molecule has 0 unspecified atom stereocenters. The number of hydrogen-bond donors (Lipinski definition) is 1. The van der Waals surface area contributed by atoms with E-state index < -0.39 is 0 Å². The number of nitrogens with zero attached hydrogens (tertiary/aromatic N) is 1. The molecular formula is C14H22Cl2N2O2. The highest BCUT2D eigenvalue weighted by molar-refractivity contribution is 6.30. The van der Waals surface area contributed by atoms with Gasteiger partial charge in [-0.25, -0.2) is 0 Å². The van der Waals surface area contributed by atoms with Gasteiger partial charge in [0.25, 0.3) is 5.91 Å². The zero-order valence-corrected chi connectivity index (χ0v) is 13.8. The van der Waals surface area contributed by atoms with Crippen LogP contribution in [-0.4, -0.2) is 38.1 Å². The third-order valence-electron chi connectivity index (χ3n) is 2.96. The number of methoxy groups -OCH3 is 1.